The molecule has 0 radical (unpaired) electrons. The molecule has 0 spiro atoms. The Morgan fingerprint density at radius 3 is 1.77 bits per heavy atom. The summed E-state index contributed by atoms with van der Waals surface area (Å²) in [6, 6.07) is 15.9. The Labute approximate surface area is 132 Å². The molecule has 4 nitrogen and oxygen atoms in total. The second kappa shape index (κ2) is 8.29. The minimum atomic E-state index is 0.166. The van der Waals surface area contributed by atoms with E-state index in [1.54, 1.807) is 0 Å². The second-order valence-electron chi connectivity index (χ2n) is 5.03. The average Bonchev–Trinajstić information content (AvgIpc) is 2.57. The van der Waals surface area contributed by atoms with E-state index in [2.05, 4.69) is 41.1 Å². The van der Waals surface area contributed by atoms with Gasteiger partial charge in [0.1, 0.15) is 0 Å². The van der Waals surface area contributed by atoms with E-state index < -0.39 is 0 Å². The van der Waals surface area contributed by atoms with E-state index in [4.69, 9.17) is 5.11 Å². The molecule has 116 valence electrons. The van der Waals surface area contributed by atoms with Crippen molar-refractivity contribution in [3.63, 3.8) is 0 Å². The van der Waals surface area contributed by atoms with E-state index in [-0.39, 0.29) is 6.61 Å². The predicted octanol–water partition coefficient (Wildman–Crippen LogP) is 4.48. The Morgan fingerprint density at radius 2 is 1.32 bits per heavy atom. The molecule has 1 N–H and O–H groups in total. The maximum absolute atomic E-state index is 8.89. The first-order chi connectivity index (χ1) is 10.8. The first kappa shape index (κ1) is 16.2. The maximum Gasteiger partial charge on any atom is 0.0858 e. The van der Waals surface area contributed by atoms with Gasteiger partial charge in [0.2, 0.25) is 0 Å². The lowest BCUT2D eigenvalue weighted by Gasteiger charge is -2.20. The van der Waals surface area contributed by atoms with E-state index in [0.29, 0.717) is 6.42 Å². The lowest BCUT2D eigenvalue weighted by atomic mass is 10.1. The molecule has 0 aromatic heterocycles. The zero-order chi connectivity index (χ0) is 15.8. The molecular weight excluding hydrogens is 274 g/mol. The van der Waals surface area contributed by atoms with Crippen LogP contribution in [0.4, 0.5) is 17.1 Å². The number of benzene rings is 2. The van der Waals surface area contributed by atoms with Crippen LogP contribution < -0.4 is 4.90 Å². The predicted molar refractivity (Wildman–Crippen MR) is 91.4 cm³/mol. The molecule has 0 aliphatic rings. The summed E-state index contributed by atoms with van der Waals surface area (Å²) in [5, 5.41) is 17.4. The molecular formula is C18H23N3O. The Balaban J connectivity index is 2.03. The van der Waals surface area contributed by atoms with Crippen molar-refractivity contribution in [2.75, 3.05) is 24.6 Å². The summed E-state index contributed by atoms with van der Waals surface area (Å²) in [7, 11) is 0. The van der Waals surface area contributed by atoms with Crippen LogP contribution >= 0.6 is 0 Å². The van der Waals surface area contributed by atoms with Crippen molar-refractivity contribution < 1.29 is 5.11 Å². The molecule has 0 amide bonds. The molecule has 4 heteroatoms. The normalized spacial score (nSPS) is 11.0. The van der Waals surface area contributed by atoms with Gasteiger partial charge in [-0.2, -0.15) is 10.2 Å². The number of hydrogen-bond acceptors (Lipinski definition) is 4. The highest BCUT2D eigenvalue weighted by atomic mass is 16.2. The monoisotopic (exact) mass is 297 g/mol. The van der Waals surface area contributed by atoms with Crippen LogP contribution in [0, 0.1) is 0 Å². The largest absolute Gasteiger partial charge is 0.396 e. The lowest BCUT2D eigenvalue weighted by molar-refractivity contribution is 0.299. The summed E-state index contributed by atoms with van der Waals surface area (Å²) < 4.78 is 0. The lowest BCUT2D eigenvalue weighted by Crippen LogP contribution is -2.21. The number of azo groups is 1. The van der Waals surface area contributed by atoms with Gasteiger partial charge >= 0.3 is 0 Å². The standard InChI is InChI=1S/C18H23N3O/c1-3-21(4-2)18-11-9-17(10-12-18)20-19-16-7-5-15(6-8-16)13-14-22/h5-12,22H,3-4,13-14H2,1-2H3. The third-order valence-corrected chi connectivity index (χ3v) is 3.60. The molecule has 0 heterocycles. The average molecular weight is 297 g/mol. The summed E-state index contributed by atoms with van der Waals surface area (Å²) in [5.74, 6) is 0. The molecule has 22 heavy (non-hydrogen) atoms. The van der Waals surface area contributed by atoms with Crippen molar-refractivity contribution in [3.05, 3.63) is 54.1 Å². The van der Waals surface area contributed by atoms with Crippen LogP contribution in [-0.2, 0) is 6.42 Å². The molecule has 2 aromatic rings. The number of hydrogen-bond donors (Lipinski definition) is 1. The van der Waals surface area contributed by atoms with E-state index in [9.17, 15) is 0 Å². The van der Waals surface area contributed by atoms with Crippen LogP contribution in [0.3, 0.4) is 0 Å². The quantitative estimate of drug-likeness (QED) is 0.766. The molecule has 0 unspecified atom stereocenters. The topological polar surface area (TPSA) is 48.2 Å². The van der Waals surface area contributed by atoms with Crippen LogP contribution in [0.5, 0.6) is 0 Å². The molecule has 0 saturated heterocycles. The van der Waals surface area contributed by atoms with E-state index in [1.807, 2.05) is 36.4 Å². The van der Waals surface area contributed by atoms with Gasteiger partial charge in [-0.25, -0.2) is 0 Å². The fourth-order valence-corrected chi connectivity index (χ4v) is 2.29. The maximum atomic E-state index is 8.89. The van der Waals surface area contributed by atoms with Gasteiger partial charge in [0, 0.05) is 25.4 Å². The minimum Gasteiger partial charge on any atom is -0.396 e. The highest BCUT2D eigenvalue weighted by molar-refractivity contribution is 5.52. The fourth-order valence-electron chi connectivity index (χ4n) is 2.29. The van der Waals surface area contributed by atoms with Crippen LogP contribution in [0.15, 0.2) is 58.8 Å². The van der Waals surface area contributed by atoms with Crippen molar-refractivity contribution >= 4 is 17.1 Å². The summed E-state index contributed by atoms with van der Waals surface area (Å²) >= 11 is 0. The molecule has 0 fully saturated rings. The van der Waals surface area contributed by atoms with Crippen molar-refractivity contribution in [1.82, 2.24) is 0 Å². The molecule has 0 aliphatic heterocycles. The highest BCUT2D eigenvalue weighted by Crippen LogP contribution is 2.22. The van der Waals surface area contributed by atoms with E-state index in [1.165, 1.54) is 5.69 Å². The molecule has 0 atom stereocenters. The zero-order valence-electron chi connectivity index (χ0n) is 13.2. The van der Waals surface area contributed by atoms with Crippen molar-refractivity contribution in [2.45, 2.75) is 20.3 Å². The van der Waals surface area contributed by atoms with Gasteiger partial charge in [-0.3, -0.25) is 0 Å². The Bertz CT molecular complexity index is 587. The Morgan fingerprint density at radius 1 is 0.818 bits per heavy atom. The van der Waals surface area contributed by atoms with E-state index in [0.717, 1.165) is 30.0 Å². The first-order valence-electron chi connectivity index (χ1n) is 7.73. The smallest absolute Gasteiger partial charge is 0.0858 e. The molecule has 0 aliphatic carbocycles. The molecule has 0 bridgehead atoms. The zero-order valence-corrected chi connectivity index (χ0v) is 13.2. The molecule has 2 rings (SSSR count). The second-order valence-corrected chi connectivity index (χ2v) is 5.03. The van der Waals surface area contributed by atoms with Crippen LogP contribution in [0.25, 0.3) is 0 Å². The molecule has 2 aromatic carbocycles. The number of aliphatic hydroxyl groups excluding tert-OH is 1. The van der Waals surface area contributed by atoms with E-state index >= 15 is 0 Å². The minimum absolute atomic E-state index is 0.166. The highest BCUT2D eigenvalue weighted by Gasteiger charge is 2.00. The summed E-state index contributed by atoms with van der Waals surface area (Å²) in [6.45, 7) is 6.46. The summed E-state index contributed by atoms with van der Waals surface area (Å²) in [4.78, 5) is 2.29. The van der Waals surface area contributed by atoms with Gasteiger partial charge < -0.3 is 10.0 Å². The Hall–Kier alpha value is -2.20. The first-order valence-corrected chi connectivity index (χ1v) is 7.73. The van der Waals surface area contributed by atoms with Gasteiger partial charge in [0.15, 0.2) is 0 Å². The van der Waals surface area contributed by atoms with Crippen LogP contribution in [0.1, 0.15) is 19.4 Å². The van der Waals surface area contributed by atoms with Crippen molar-refractivity contribution in [3.8, 4) is 0 Å². The number of rotatable bonds is 7. The van der Waals surface area contributed by atoms with Gasteiger partial charge in [0.05, 0.1) is 11.4 Å². The SMILES string of the molecule is CCN(CC)c1ccc(N=Nc2ccc(CCO)cc2)cc1. The summed E-state index contributed by atoms with van der Waals surface area (Å²) in [6.07, 6.45) is 0.671. The van der Waals surface area contributed by atoms with Gasteiger partial charge in [-0.05, 0) is 62.2 Å². The summed E-state index contributed by atoms with van der Waals surface area (Å²) in [5.41, 5.74) is 3.96. The molecule has 0 saturated carbocycles. The van der Waals surface area contributed by atoms with Gasteiger partial charge in [-0.1, -0.05) is 12.1 Å². The Kier molecular flexibility index (Phi) is 6.10. The number of aliphatic hydroxyl groups is 1. The number of anilines is 1. The van der Waals surface area contributed by atoms with Crippen LogP contribution in [-0.4, -0.2) is 24.8 Å². The van der Waals surface area contributed by atoms with Crippen molar-refractivity contribution in [2.24, 2.45) is 10.2 Å². The van der Waals surface area contributed by atoms with Gasteiger partial charge in [0.25, 0.3) is 0 Å². The third kappa shape index (κ3) is 4.40. The van der Waals surface area contributed by atoms with Gasteiger partial charge in [-0.15, -0.1) is 0 Å². The van der Waals surface area contributed by atoms with Crippen LogP contribution in [0.2, 0.25) is 0 Å². The number of nitrogens with zero attached hydrogens (tertiary/aromatic N) is 3. The van der Waals surface area contributed by atoms with Crippen molar-refractivity contribution in [1.29, 1.82) is 0 Å². The third-order valence-electron chi connectivity index (χ3n) is 3.60. The fraction of sp³-hybridized carbons (Fsp3) is 0.333.